The molecule has 1 fully saturated rings. The zero-order chi connectivity index (χ0) is 23.0. The molecule has 0 spiro atoms. The van der Waals surface area contributed by atoms with E-state index in [4.69, 9.17) is 4.74 Å². The molecular formula is C22H25N3O5S2. The van der Waals surface area contributed by atoms with Crippen molar-refractivity contribution in [2.45, 2.75) is 24.7 Å². The molecule has 8 nitrogen and oxygen atoms in total. The number of rotatable bonds is 5. The molecular weight excluding hydrogens is 450 g/mol. The van der Waals surface area contributed by atoms with Gasteiger partial charge in [-0.1, -0.05) is 18.3 Å². The molecule has 3 aromatic rings. The lowest BCUT2D eigenvalue weighted by molar-refractivity contribution is 0.0693. The van der Waals surface area contributed by atoms with Crippen LogP contribution in [0.1, 0.15) is 30.1 Å². The lowest BCUT2D eigenvalue weighted by Crippen LogP contribution is -2.38. The average molecular weight is 476 g/mol. The zero-order valence-corrected chi connectivity index (χ0v) is 19.8. The van der Waals surface area contributed by atoms with Crippen molar-refractivity contribution in [3.05, 3.63) is 51.6 Å². The number of hydrogen-bond acceptors (Lipinski definition) is 6. The predicted molar refractivity (Wildman–Crippen MR) is 125 cm³/mol. The quantitative estimate of drug-likeness (QED) is 0.611. The second-order valence-corrected chi connectivity index (χ2v) is 10.7. The van der Waals surface area contributed by atoms with Crippen molar-refractivity contribution < 1.29 is 17.9 Å². The third-order valence-electron chi connectivity index (χ3n) is 5.83. The van der Waals surface area contributed by atoms with E-state index in [0.717, 1.165) is 29.7 Å². The minimum atomic E-state index is -3.96. The molecule has 4 rings (SSSR count). The van der Waals surface area contributed by atoms with E-state index in [0.29, 0.717) is 35.1 Å². The van der Waals surface area contributed by atoms with Crippen molar-refractivity contribution in [1.82, 2.24) is 9.47 Å². The Balaban J connectivity index is 1.64. The number of nitrogens with zero attached hydrogens (tertiary/aromatic N) is 2. The van der Waals surface area contributed by atoms with Gasteiger partial charge in [0.25, 0.3) is 15.9 Å². The first-order valence-electron chi connectivity index (χ1n) is 10.3. The van der Waals surface area contributed by atoms with Crippen LogP contribution in [0, 0.1) is 5.92 Å². The van der Waals surface area contributed by atoms with E-state index in [9.17, 15) is 18.0 Å². The Labute approximate surface area is 190 Å². The number of fused-ring (bicyclic) bond motifs is 1. The number of sulfonamides is 1. The largest absolute Gasteiger partial charge is 0.496 e. The average Bonchev–Trinajstić information content (AvgIpc) is 3.05. The molecule has 0 saturated carbocycles. The first kappa shape index (κ1) is 22.3. The summed E-state index contributed by atoms with van der Waals surface area (Å²) < 4.78 is 36.2. The van der Waals surface area contributed by atoms with Gasteiger partial charge in [-0.05, 0) is 55.2 Å². The lowest BCUT2D eigenvalue weighted by Gasteiger charge is -2.30. The van der Waals surface area contributed by atoms with Gasteiger partial charge in [0.1, 0.15) is 5.75 Å². The van der Waals surface area contributed by atoms with Crippen LogP contribution in [0.4, 0.5) is 5.69 Å². The van der Waals surface area contributed by atoms with Crippen LogP contribution in [-0.4, -0.2) is 44.0 Å². The molecule has 0 atom stereocenters. The molecule has 1 saturated heterocycles. The van der Waals surface area contributed by atoms with Crippen LogP contribution in [0.2, 0.25) is 0 Å². The third kappa shape index (κ3) is 4.24. The molecule has 0 unspecified atom stereocenters. The Kier molecular flexibility index (Phi) is 6.00. The molecule has 1 amide bonds. The molecule has 170 valence electrons. The van der Waals surface area contributed by atoms with Gasteiger partial charge in [-0.15, -0.1) is 0 Å². The predicted octanol–water partition coefficient (Wildman–Crippen LogP) is 3.28. The Morgan fingerprint density at radius 2 is 1.88 bits per heavy atom. The van der Waals surface area contributed by atoms with Crippen LogP contribution >= 0.6 is 11.3 Å². The van der Waals surface area contributed by atoms with Gasteiger partial charge in [0, 0.05) is 20.1 Å². The molecule has 0 radical (unpaired) electrons. The van der Waals surface area contributed by atoms with Gasteiger partial charge in [-0.25, -0.2) is 8.42 Å². The van der Waals surface area contributed by atoms with E-state index in [-0.39, 0.29) is 21.2 Å². The highest BCUT2D eigenvalue weighted by molar-refractivity contribution is 7.92. The smallest absolute Gasteiger partial charge is 0.307 e. The molecule has 2 heterocycles. The molecule has 32 heavy (non-hydrogen) atoms. The monoisotopic (exact) mass is 475 g/mol. The van der Waals surface area contributed by atoms with Crippen LogP contribution in [0.3, 0.4) is 0 Å². The van der Waals surface area contributed by atoms with E-state index in [1.807, 2.05) is 0 Å². The first-order chi connectivity index (χ1) is 15.2. The molecule has 10 heteroatoms. The van der Waals surface area contributed by atoms with Gasteiger partial charge in [-0.3, -0.25) is 14.3 Å². The molecule has 2 aromatic carbocycles. The maximum Gasteiger partial charge on any atom is 0.307 e. The van der Waals surface area contributed by atoms with Gasteiger partial charge in [0.15, 0.2) is 0 Å². The number of carbonyl (C=O) groups excluding carboxylic acids is 1. The van der Waals surface area contributed by atoms with Crippen molar-refractivity contribution in [3.8, 4) is 5.75 Å². The molecule has 0 aliphatic carbocycles. The highest BCUT2D eigenvalue weighted by Gasteiger charge is 2.26. The fraction of sp³-hybridized carbons (Fsp3) is 0.364. The van der Waals surface area contributed by atoms with Crippen molar-refractivity contribution in [2.24, 2.45) is 13.0 Å². The minimum Gasteiger partial charge on any atom is -0.496 e. The molecule has 0 bridgehead atoms. The van der Waals surface area contributed by atoms with Gasteiger partial charge in [0.05, 0.1) is 33.5 Å². The molecule has 1 N–H and O–H groups in total. The number of amides is 1. The number of thiazole rings is 1. The van der Waals surface area contributed by atoms with E-state index in [1.165, 1.54) is 29.9 Å². The number of likely N-dealkylation sites (tertiary alicyclic amines) is 1. The number of anilines is 1. The van der Waals surface area contributed by atoms with Crippen molar-refractivity contribution in [3.63, 3.8) is 0 Å². The SMILES string of the molecule is COc1ccc(S(=O)(=O)Nc2ccc3c(c2)sc(=O)n3C)cc1C(=O)N1CCC(C)CC1. The highest BCUT2D eigenvalue weighted by Crippen LogP contribution is 2.28. The first-order valence-corrected chi connectivity index (χ1v) is 12.6. The van der Waals surface area contributed by atoms with Crippen LogP contribution in [-0.2, 0) is 17.1 Å². The maximum atomic E-state index is 13.1. The number of aryl methyl sites for hydroxylation is 1. The second kappa shape index (κ2) is 8.59. The summed E-state index contributed by atoms with van der Waals surface area (Å²) in [6.07, 6.45) is 1.84. The number of ether oxygens (including phenoxy) is 1. The fourth-order valence-corrected chi connectivity index (χ4v) is 5.81. The van der Waals surface area contributed by atoms with Crippen LogP contribution in [0.25, 0.3) is 10.2 Å². The number of aromatic nitrogens is 1. The van der Waals surface area contributed by atoms with Crippen molar-refractivity contribution in [1.29, 1.82) is 0 Å². The summed E-state index contributed by atoms with van der Waals surface area (Å²) in [5.41, 5.74) is 1.30. The number of nitrogens with one attached hydrogen (secondary N) is 1. The Bertz CT molecular complexity index is 1340. The molecule has 1 aliphatic rings. The number of benzene rings is 2. The summed E-state index contributed by atoms with van der Waals surface area (Å²) in [5.74, 6) is 0.668. The van der Waals surface area contributed by atoms with E-state index in [1.54, 1.807) is 30.1 Å². The zero-order valence-electron chi connectivity index (χ0n) is 18.1. The standard InChI is InChI=1S/C22H25N3O5S2/c1-14-8-10-25(11-9-14)21(26)17-13-16(5-7-19(17)30-3)32(28,29)23-15-4-6-18-20(12-15)31-22(27)24(18)2/h4-7,12-14,23H,8-11H2,1-3H3. The van der Waals surface area contributed by atoms with E-state index >= 15 is 0 Å². The summed E-state index contributed by atoms with van der Waals surface area (Å²) in [7, 11) is -0.836. The van der Waals surface area contributed by atoms with Gasteiger partial charge in [-0.2, -0.15) is 0 Å². The van der Waals surface area contributed by atoms with E-state index < -0.39 is 10.0 Å². The van der Waals surface area contributed by atoms with Crippen molar-refractivity contribution >= 4 is 43.2 Å². The summed E-state index contributed by atoms with van der Waals surface area (Å²) in [6.45, 7) is 3.43. The second-order valence-electron chi connectivity index (χ2n) is 8.05. The number of carbonyl (C=O) groups is 1. The minimum absolute atomic E-state index is 0.0339. The van der Waals surface area contributed by atoms with Gasteiger partial charge >= 0.3 is 4.87 Å². The summed E-state index contributed by atoms with van der Waals surface area (Å²) in [6, 6.07) is 9.21. The highest BCUT2D eigenvalue weighted by atomic mass is 32.2. The topological polar surface area (TPSA) is 97.7 Å². The third-order valence-corrected chi connectivity index (χ3v) is 8.20. The lowest BCUT2D eigenvalue weighted by atomic mass is 9.98. The molecule has 1 aliphatic heterocycles. The summed E-state index contributed by atoms with van der Waals surface area (Å²) >= 11 is 1.05. The Hall–Kier alpha value is -2.85. The van der Waals surface area contributed by atoms with E-state index in [2.05, 4.69) is 11.6 Å². The Morgan fingerprint density at radius 3 is 2.56 bits per heavy atom. The van der Waals surface area contributed by atoms with Crippen molar-refractivity contribution in [2.75, 3.05) is 24.9 Å². The van der Waals surface area contributed by atoms with Crippen LogP contribution in [0.15, 0.2) is 46.1 Å². The van der Waals surface area contributed by atoms with Gasteiger partial charge < -0.3 is 14.2 Å². The summed E-state index contributed by atoms with van der Waals surface area (Å²) in [4.78, 5) is 26.6. The normalized spacial score (nSPS) is 15.2. The van der Waals surface area contributed by atoms with Gasteiger partial charge in [0.2, 0.25) is 0 Å². The molecule has 1 aromatic heterocycles. The fourth-order valence-electron chi connectivity index (χ4n) is 3.81. The van der Waals surface area contributed by atoms with Crippen LogP contribution < -0.4 is 14.3 Å². The maximum absolute atomic E-state index is 13.1. The Morgan fingerprint density at radius 1 is 1.16 bits per heavy atom. The number of piperidine rings is 1. The number of hydrogen-bond donors (Lipinski definition) is 1. The summed E-state index contributed by atoms with van der Waals surface area (Å²) in [5, 5.41) is 0. The number of methoxy groups -OCH3 is 1. The van der Waals surface area contributed by atoms with Crippen LogP contribution in [0.5, 0.6) is 5.75 Å².